The number of nitrogens with zero attached hydrogens (tertiary/aromatic N) is 2. The van der Waals surface area contributed by atoms with Crippen LogP contribution in [-0.4, -0.2) is 29.5 Å². The van der Waals surface area contributed by atoms with Gasteiger partial charge in [0, 0.05) is 24.9 Å². The van der Waals surface area contributed by atoms with Crippen LogP contribution >= 0.6 is 0 Å². The van der Waals surface area contributed by atoms with Gasteiger partial charge in [-0.15, -0.1) is 0 Å². The van der Waals surface area contributed by atoms with Crippen LogP contribution in [-0.2, 0) is 11.3 Å². The molecule has 0 aromatic carbocycles. The number of nitrogens with one attached hydrogen (secondary N) is 1. The van der Waals surface area contributed by atoms with Gasteiger partial charge in [-0.1, -0.05) is 26.2 Å². The Morgan fingerprint density at radius 2 is 2.10 bits per heavy atom. The maximum Gasteiger partial charge on any atom is 0.0798 e. The summed E-state index contributed by atoms with van der Waals surface area (Å²) in [5.41, 5.74) is 1.26. The van der Waals surface area contributed by atoms with Crippen molar-refractivity contribution < 1.29 is 4.74 Å². The summed E-state index contributed by atoms with van der Waals surface area (Å²) in [5.74, 6) is 0.672. The number of aryl methyl sites for hydroxylation is 1. The lowest BCUT2D eigenvalue weighted by molar-refractivity contribution is -0.0167. The van der Waals surface area contributed by atoms with Crippen molar-refractivity contribution in [2.75, 3.05) is 13.7 Å². The zero-order chi connectivity index (χ0) is 15.1. The lowest BCUT2D eigenvalue weighted by Crippen LogP contribution is -2.38. The van der Waals surface area contributed by atoms with E-state index in [1.165, 1.54) is 37.7 Å². The second kappa shape index (κ2) is 8.54. The minimum atomic E-state index is 0.249. The number of hydrogen-bond acceptors (Lipinski definition) is 3. The molecule has 2 atom stereocenters. The van der Waals surface area contributed by atoms with Gasteiger partial charge in [0.15, 0.2) is 0 Å². The molecule has 1 aromatic heterocycles. The van der Waals surface area contributed by atoms with Crippen molar-refractivity contribution in [2.45, 2.75) is 71.1 Å². The molecule has 120 valence electrons. The highest BCUT2D eigenvalue weighted by atomic mass is 16.5. The lowest BCUT2D eigenvalue weighted by Gasteiger charge is -2.35. The normalized spacial score (nSPS) is 19.6. The van der Waals surface area contributed by atoms with E-state index in [4.69, 9.17) is 4.74 Å². The van der Waals surface area contributed by atoms with E-state index in [-0.39, 0.29) is 12.1 Å². The molecule has 21 heavy (non-hydrogen) atoms. The van der Waals surface area contributed by atoms with Crippen molar-refractivity contribution in [3.8, 4) is 0 Å². The Balaban J connectivity index is 2.13. The van der Waals surface area contributed by atoms with Crippen molar-refractivity contribution in [3.63, 3.8) is 0 Å². The molecule has 1 aromatic rings. The molecule has 1 saturated carbocycles. The fourth-order valence-corrected chi connectivity index (χ4v) is 3.57. The SMILES string of the molecule is CCCn1cc(C(NC)C(OCC)C2CCCCC2)cn1. The monoisotopic (exact) mass is 293 g/mol. The molecule has 4 heteroatoms. The third-order valence-corrected chi connectivity index (χ3v) is 4.58. The van der Waals surface area contributed by atoms with E-state index in [1.54, 1.807) is 0 Å². The van der Waals surface area contributed by atoms with Gasteiger partial charge in [-0.2, -0.15) is 5.10 Å². The molecule has 1 aliphatic carbocycles. The highest BCUT2D eigenvalue weighted by Gasteiger charge is 2.32. The first-order chi connectivity index (χ1) is 10.3. The number of hydrogen-bond donors (Lipinski definition) is 1. The molecule has 0 bridgehead atoms. The van der Waals surface area contributed by atoms with Crippen molar-refractivity contribution in [1.29, 1.82) is 0 Å². The molecule has 2 unspecified atom stereocenters. The first-order valence-corrected chi connectivity index (χ1v) is 8.61. The molecule has 2 rings (SSSR count). The summed E-state index contributed by atoms with van der Waals surface area (Å²) in [7, 11) is 2.04. The molecular weight excluding hydrogens is 262 g/mol. The molecule has 0 aliphatic heterocycles. The lowest BCUT2D eigenvalue weighted by atomic mass is 9.81. The van der Waals surface area contributed by atoms with Crippen molar-refractivity contribution in [3.05, 3.63) is 18.0 Å². The minimum absolute atomic E-state index is 0.249. The second-order valence-corrected chi connectivity index (χ2v) is 6.12. The molecule has 0 radical (unpaired) electrons. The summed E-state index contributed by atoms with van der Waals surface area (Å²) in [6, 6.07) is 0.249. The predicted octanol–water partition coefficient (Wildman–Crippen LogP) is 3.54. The first-order valence-electron chi connectivity index (χ1n) is 8.61. The average Bonchev–Trinajstić information content (AvgIpc) is 2.97. The van der Waals surface area contributed by atoms with Gasteiger partial charge in [-0.25, -0.2) is 0 Å². The van der Waals surface area contributed by atoms with Crippen LogP contribution in [0, 0.1) is 5.92 Å². The zero-order valence-corrected chi connectivity index (χ0v) is 13.8. The van der Waals surface area contributed by atoms with Gasteiger partial charge in [-0.3, -0.25) is 4.68 Å². The minimum Gasteiger partial charge on any atom is -0.376 e. The number of ether oxygens (including phenoxy) is 1. The first kappa shape index (κ1) is 16.5. The third kappa shape index (κ3) is 4.30. The van der Waals surface area contributed by atoms with Crippen LogP contribution in [0.25, 0.3) is 0 Å². The van der Waals surface area contributed by atoms with Gasteiger partial charge in [0.1, 0.15) is 0 Å². The summed E-state index contributed by atoms with van der Waals surface area (Å²) in [4.78, 5) is 0. The van der Waals surface area contributed by atoms with Gasteiger partial charge < -0.3 is 10.1 Å². The van der Waals surface area contributed by atoms with Crippen LogP contribution in [0.3, 0.4) is 0 Å². The Morgan fingerprint density at radius 1 is 1.33 bits per heavy atom. The van der Waals surface area contributed by atoms with E-state index in [0.29, 0.717) is 5.92 Å². The van der Waals surface area contributed by atoms with Gasteiger partial charge in [0.2, 0.25) is 0 Å². The molecule has 1 aliphatic rings. The summed E-state index contributed by atoms with van der Waals surface area (Å²) < 4.78 is 8.20. The van der Waals surface area contributed by atoms with Crippen LogP contribution in [0.2, 0.25) is 0 Å². The summed E-state index contributed by atoms with van der Waals surface area (Å²) in [5, 5.41) is 7.96. The van der Waals surface area contributed by atoms with Gasteiger partial charge in [0.25, 0.3) is 0 Å². The van der Waals surface area contributed by atoms with Crippen LogP contribution in [0.5, 0.6) is 0 Å². The van der Waals surface area contributed by atoms with Crippen molar-refractivity contribution in [2.24, 2.45) is 5.92 Å². The predicted molar refractivity (Wildman–Crippen MR) is 86.3 cm³/mol. The highest BCUT2D eigenvalue weighted by molar-refractivity contribution is 5.13. The second-order valence-electron chi connectivity index (χ2n) is 6.12. The zero-order valence-electron chi connectivity index (χ0n) is 13.8. The summed E-state index contributed by atoms with van der Waals surface area (Å²) in [6.07, 6.45) is 12.2. The third-order valence-electron chi connectivity index (χ3n) is 4.58. The largest absolute Gasteiger partial charge is 0.376 e. The highest BCUT2D eigenvalue weighted by Crippen LogP contribution is 2.34. The summed E-state index contributed by atoms with van der Waals surface area (Å²) in [6.45, 7) is 6.05. The Kier molecular flexibility index (Phi) is 6.71. The topological polar surface area (TPSA) is 39.1 Å². The summed E-state index contributed by atoms with van der Waals surface area (Å²) >= 11 is 0. The molecule has 1 heterocycles. The smallest absolute Gasteiger partial charge is 0.0798 e. The van der Waals surface area contributed by atoms with Crippen LogP contribution in [0.15, 0.2) is 12.4 Å². The molecule has 1 fully saturated rings. The van der Waals surface area contributed by atoms with Gasteiger partial charge in [0.05, 0.1) is 18.3 Å². The molecule has 0 spiro atoms. The Bertz CT molecular complexity index is 398. The molecule has 0 saturated heterocycles. The van der Waals surface area contributed by atoms with E-state index in [2.05, 4.69) is 30.5 Å². The fourth-order valence-electron chi connectivity index (χ4n) is 3.57. The molecular formula is C17H31N3O. The average molecular weight is 293 g/mol. The maximum atomic E-state index is 6.16. The Morgan fingerprint density at radius 3 is 2.71 bits per heavy atom. The van der Waals surface area contributed by atoms with Crippen molar-refractivity contribution >= 4 is 0 Å². The van der Waals surface area contributed by atoms with E-state index >= 15 is 0 Å². The quantitative estimate of drug-likeness (QED) is 0.797. The van der Waals surface area contributed by atoms with E-state index < -0.39 is 0 Å². The Hall–Kier alpha value is -0.870. The van der Waals surface area contributed by atoms with Gasteiger partial charge >= 0.3 is 0 Å². The standard InChI is InChI=1S/C17H31N3O/c1-4-11-20-13-15(12-19-20)16(18-3)17(21-5-2)14-9-7-6-8-10-14/h12-14,16-18H,4-11H2,1-3H3. The fraction of sp³-hybridized carbons (Fsp3) is 0.824. The molecule has 0 amide bonds. The number of likely N-dealkylation sites (N-methyl/N-ethyl adjacent to an activating group) is 1. The van der Waals surface area contributed by atoms with E-state index in [9.17, 15) is 0 Å². The van der Waals surface area contributed by atoms with Crippen LogP contribution in [0.1, 0.15) is 64.0 Å². The van der Waals surface area contributed by atoms with E-state index in [1.807, 2.05) is 17.9 Å². The van der Waals surface area contributed by atoms with Gasteiger partial charge in [-0.05, 0) is 39.2 Å². The van der Waals surface area contributed by atoms with E-state index in [0.717, 1.165) is 19.6 Å². The molecule has 1 N–H and O–H groups in total. The maximum absolute atomic E-state index is 6.16. The molecule has 4 nitrogen and oxygen atoms in total. The van der Waals surface area contributed by atoms with Crippen molar-refractivity contribution in [1.82, 2.24) is 15.1 Å². The number of aromatic nitrogens is 2. The Labute approximate surface area is 129 Å². The number of rotatable bonds is 8. The van der Waals surface area contributed by atoms with Crippen LogP contribution in [0.4, 0.5) is 0 Å². The van der Waals surface area contributed by atoms with Crippen LogP contribution < -0.4 is 5.32 Å².